The zero-order valence-corrected chi connectivity index (χ0v) is 18.7. The summed E-state index contributed by atoms with van der Waals surface area (Å²) in [5.41, 5.74) is 4.26. The summed E-state index contributed by atoms with van der Waals surface area (Å²) in [6.07, 6.45) is 5.30. The average molecular weight is 454 g/mol. The molecule has 6 nitrogen and oxygen atoms in total. The van der Waals surface area contributed by atoms with E-state index in [-0.39, 0.29) is 17.7 Å². The molecule has 4 aliphatic rings. The lowest BCUT2D eigenvalue weighted by Crippen LogP contribution is -2.38. The fraction of sp³-hybridized carbons (Fsp3) is 0.391. The van der Waals surface area contributed by atoms with Crippen LogP contribution in [0.1, 0.15) is 53.2 Å². The molecule has 160 valence electrons. The fourth-order valence-electron chi connectivity index (χ4n) is 4.94. The topological polar surface area (TPSA) is 70.0 Å². The first-order valence-corrected chi connectivity index (χ1v) is 13.3. The van der Waals surface area contributed by atoms with Crippen LogP contribution in [-0.4, -0.2) is 42.7 Å². The maximum atomic E-state index is 13.7. The highest BCUT2D eigenvalue weighted by Gasteiger charge is 2.40. The SMILES string of the molecule is O=C(c1ccc2c(c1)SC1=NS(=O)(=O)CCN12)N(C1CC1)C1CCCc2ccccc21. The molecule has 8 heteroatoms. The highest BCUT2D eigenvalue weighted by atomic mass is 32.2. The molecule has 0 bridgehead atoms. The Morgan fingerprint density at radius 2 is 1.97 bits per heavy atom. The fourth-order valence-corrected chi connectivity index (χ4v) is 7.24. The Morgan fingerprint density at radius 1 is 1.13 bits per heavy atom. The molecular formula is C23H23N3O3S2. The van der Waals surface area contributed by atoms with Gasteiger partial charge in [0.15, 0.2) is 5.17 Å². The summed E-state index contributed by atoms with van der Waals surface area (Å²) in [5, 5.41) is 0.492. The van der Waals surface area contributed by atoms with Crippen molar-refractivity contribution in [2.45, 2.75) is 49.1 Å². The number of hydrogen-bond acceptors (Lipinski definition) is 5. The van der Waals surface area contributed by atoms with E-state index in [4.69, 9.17) is 0 Å². The molecule has 0 aromatic heterocycles. The Hall–Kier alpha value is -2.32. The maximum Gasteiger partial charge on any atom is 0.257 e. The molecule has 2 aromatic carbocycles. The van der Waals surface area contributed by atoms with Crippen LogP contribution in [0.2, 0.25) is 0 Å². The smallest absolute Gasteiger partial charge is 0.257 e. The average Bonchev–Trinajstić information content (AvgIpc) is 3.53. The van der Waals surface area contributed by atoms with Crippen LogP contribution in [0.15, 0.2) is 51.8 Å². The number of fused-ring (bicyclic) bond motifs is 4. The molecule has 2 aromatic rings. The molecule has 2 aliphatic carbocycles. The minimum Gasteiger partial charge on any atom is -0.329 e. The Balaban J connectivity index is 1.34. The number of rotatable bonds is 3. The molecule has 1 saturated carbocycles. The molecule has 1 amide bonds. The van der Waals surface area contributed by atoms with E-state index < -0.39 is 10.0 Å². The zero-order chi connectivity index (χ0) is 21.2. The summed E-state index contributed by atoms with van der Waals surface area (Å²) >= 11 is 1.34. The molecule has 0 spiro atoms. The van der Waals surface area contributed by atoms with E-state index >= 15 is 0 Å². The number of benzene rings is 2. The Labute approximate surface area is 186 Å². The molecule has 2 heterocycles. The van der Waals surface area contributed by atoms with Gasteiger partial charge in [-0.15, -0.1) is 4.40 Å². The first-order chi connectivity index (χ1) is 15.0. The third kappa shape index (κ3) is 3.36. The molecule has 0 radical (unpaired) electrons. The minimum atomic E-state index is -3.39. The van der Waals surface area contributed by atoms with E-state index in [2.05, 4.69) is 33.6 Å². The van der Waals surface area contributed by atoms with Gasteiger partial charge in [-0.1, -0.05) is 24.3 Å². The van der Waals surface area contributed by atoms with Gasteiger partial charge >= 0.3 is 0 Å². The van der Waals surface area contributed by atoms with Gasteiger partial charge in [0.2, 0.25) is 0 Å². The second kappa shape index (κ2) is 7.10. The van der Waals surface area contributed by atoms with Gasteiger partial charge in [-0.25, -0.2) is 8.42 Å². The van der Waals surface area contributed by atoms with Crippen LogP contribution in [0.25, 0.3) is 0 Å². The lowest BCUT2D eigenvalue weighted by molar-refractivity contribution is 0.0637. The normalized spacial score (nSPS) is 23.4. The second-order valence-corrected chi connectivity index (χ2v) is 11.4. The third-order valence-corrected chi connectivity index (χ3v) is 8.87. The Kier molecular flexibility index (Phi) is 4.44. The van der Waals surface area contributed by atoms with E-state index in [0.29, 0.717) is 23.3 Å². The van der Waals surface area contributed by atoms with E-state index in [1.54, 1.807) is 0 Å². The Morgan fingerprint density at radius 3 is 2.81 bits per heavy atom. The standard InChI is InChI=1S/C23H23N3O3S2/c27-22(26(17-9-10-17)19-7-3-5-15-4-1-2-6-18(15)19)16-8-11-20-21(14-16)30-23-24-31(28,29)13-12-25(20)23/h1-2,4,6,8,11,14,17,19H,3,5,7,9-10,12-13H2. The van der Waals surface area contributed by atoms with Gasteiger partial charge in [0.25, 0.3) is 15.9 Å². The van der Waals surface area contributed by atoms with Crippen LogP contribution in [-0.2, 0) is 16.4 Å². The largest absolute Gasteiger partial charge is 0.329 e. The van der Waals surface area contributed by atoms with Gasteiger partial charge in [-0.3, -0.25) is 4.79 Å². The number of anilines is 1. The number of nitrogens with zero attached hydrogens (tertiary/aromatic N) is 3. The summed E-state index contributed by atoms with van der Waals surface area (Å²) in [7, 11) is -3.39. The highest BCUT2D eigenvalue weighted by molar-refractivity contribution is 8.15. The van der Waals surface area contributed by atoms with Crippen LogP contribution >= 0.6 is 11.8 Å². The Bertz CT molecular complexity index is 1220. The molecule has 0 saturated heterocycles. The van der Waals surface area contributed by atoms with Crippen LogP contribution in [0.5, 0.6) is 0 Å². The van der Waals surface area contributed by atoms with Crippen molar-refractivity contribution in [1.82, 2.24) is 4.90 Å². The summed E-state index contributed by atoms with van der Waals surface area (Å²) < 4.78 is 27.7. The predicted molar refractivity (Wildman–Crippen MR) is 122 cm³/mol. The third-order valence-electron chi connectivity index (χ3n) is 6.57. The maximum absolute atomic E-state index is 13.7. The molecular weight excluding hydrogens is 430 g/mol. The number of amidine groups is 1. The van der Waals surface area contributed by atoms with Crippen LogP contribution < -0.4 is 4.90 Å². The van der Waals surface area contributed by atoms with Crippen molar-refractivity contribution in [3.05, 3.63) is 59.2 Å². The van der Waals surface area contributed by atoms with Crippen molar-refractivity contribution in [3.63, 3.8) is 0 Å². The monoisotopic (exact) mass is 453 g/mol. The lowest BCUT2D eigenvalue weighted by atomic mass is 9.86. The van der Waals surface area contributed by atoms with Gasteiger partial charge in [0, 0.05) is 23.0 Å². The van der Waals surface area contributed by atoms with Gasteiger partial charge in [0.05, 0.1) is 17.5 Å². The predicted octanol–water partition coefficient (Wildman–Crippen LogP) is 3.98. The van der Waals surface area contributed by atoms with E-state index in [1.165, 1.54) is 22.9 Å². The van der Waals surface area contributed by atoms with Crippen LogP contribution in [0.3, 0.4) is 0 Å². The van der Waals surface area contributed by atoms with Crippen molar-refractivity contribution >= 4 is 38.5 Å². The quantitative estimate of drug-likeness (QED) is 0.703. The number of hydrogen-bond donors (Lipinski definition) is 0. The zero-order valence-electron chi connectivity index (χ0n) is 17.0. The number of sulfonamides is 1. The summed E-state index contributed by atoms with van der Waals surface area (Å²) in [6.45, 7) is 0.404. The summed E-state index contributed by atoms with van der Waals surface area (Å²) in [6, 6.07) is 14.7. The number of aryl methyl sites for hydroxylation is 1. The van der Waals surface area contributed by atoms with Gasteiger partial charge in [0.1, 0.15) is 0 Å². The van der Waals surface area contributed by atoms with Gasteiger partial charge < -0.3 is 9.80 Å². The van der Waals surface area contributed by atoms with Gasteiger partial charge in [-0.05, 0) is 73.2 Å². The minimum absolute atomic E-state index is 0.0216. The van der Waals surface area contributed by atoms with Crippen LogP contribution in [0.4, 0.5) is 5.69 Å². The summed E-state index contributed by atoms with van der Waals surface area (Å²) in [4.78, 5) is 18.7. The molecule has 31 heavy (non-hydrogen) atoms. The highest BCUT2D eigenvalue weighted by Crippen LogP contribution is 2.44. The molecule has 1 atom stereocenters. The van der Waals surface area contributed by atoms with Crippen molar-refractivity contribution < 1.29 is 13.2 Å². The molecule has 6 rings (SSSR count). The molecule has 0 N–H and O–H groups in total. The number of carbonyl (C=O) groups is 1. The number of amides is 1. The van der Waals surface area contributed by atoms with E-state index in [9.17, 15) is 13.2 Å². The van der Waals surface area contributed by atoms with Gasteiger partial charge in [-0.2, -0.15) is 0 Å². The van der Waals surface area contributed by atoms with Crippen molar-refractivity contribution in [2.24, 2.45) is 4.40 Å². The van der Waals surface area contributed by atoms with Crippen LogP contribution in [0, 0.1) is 0 Å². The molecule has 2 aliphatic heterocycles. The van der Waals surface area contributed by atoms with E-state index in [0.717, 1.165) is 42.7 Å². The van der Waals surface area contributed by atoms with Crippen molar-refractivity contribution in [2.75, 3.05) is 17.2 Å². The number of carbonyl (C=O) groups excluding carboxylic acids is 1. The number of thioether (sulfide) groups is 1. The first kappa shape index (κ1) is 19.4. The molecule has 1 fully saturated rings. The van der Waals surface area contributed by atoms with E-state index in [1.807, 2.05) is 23.1 Å². The van der Waals surface area contributed by atoms with Crippen molar-refractivity contribution in [3.8, 4) is 0 Å². The summed E-state index contributed by atoms with van der Waals surface area (Å²) in [5.74, 6) is 0.0975. The second-order valence-electron chi connectivity index (χ2n) is 8.65. The first-order valence-electron chi connectivity index (χ1n) is 10.8. The molecule has 1 unspecified atom stereocenters. The van der Waals surface area contributed by atoms with Crippen molar-refractivity contribution in [1.29, 1.82) is 0 Å². The lowest BCUT2D eigenvalue weighted by Gasteiger charge is -2.36.